The molecule has 4 nitrogen and oxygen atoms in total. The Morgan fingerprint density at radius 2 is 2.06 bits per heavy atom. The Morgan fingerprint density at radius 1 is 1.39 bits per heavy atom. The largest absolute Gasteiger partial charge is 0.372 e. The van der Waals surface area contributed by atoms with Crippen LogP contribution in [0.1, 0.15) is 35.3 Å². The molecule has 1 heterocycles. The van der Waals surface area contributed by atoms with Crippen molar-refractivity contribution in [3.05, 3.63) is 34.9 Å². The van der Waals surface area contributed by atoms with Crippen molar-refractivity contribution in [3.8, 4) is 0 Å². The number of hydrogen-bond acceptors (Lipinski definition) is 3. The van der Waals surface area contributed by atoms with Gasteiger partial charge in [-0.3, -0.25) is 4.79 Å². The van der Waals surface area contributed by atoms with Crippen LogP contribution < -0.4 is 5.73 Å². The van der Waals surface area contributed by atoms with E-state index in [9.17, 15) is 4.79 Å². The van der Waals surface area contributed by atoms with Gasteiger partial charge in [-0.1, -0.05) is 6.07 Å². The van der Waals surface area contributed by atoms with Gasteiger partial charge in [-0.25, -0.2) is 0 Å². The molecule has 0 atom stereocenters. The van der Waals surface area contributed by atoms with Crippen LogP contribution in [0.25, 0.3) is 0 Å². The summed E-state index contributed by atoms with van der Waals surface area (Å²) in [5.74, 6) is 0.000139. The van der Waals surface area contributed by atoms with Crippen molar-refractivity contribution in [2.75, 3.05) is 13.6 Å². The first-order chi connectivity index (χ1) is 8.45. The van der Waals surface area contributed by atoms with Crippen molar-refractivity contribution in [3.63, 3.8) is 0 Å². The number of amides is 1. The fourth-order valence-corrected chi connectivity index (χ4v) is 1.91. The molecule has 2 rings (SSSR count). The first-order valence-corrected chi connectivity index (χ1v) is 6.13. The second kappa shape index (κ2) is 4.71. The third-order valence-electron chi connectivity index (χ3n) is 3.68. The van der Waals surface area contributed by atoms with Gasteiger partial charge < -0.3 is 15.4 Å². The number of fused-ring (bicyclic) bond motifs is 1. The zero-order chi connectivity index (χ0) is 13.3. The first-order valence-electron chi connectivity index (χ1n) is 6.13. The number of rotatable bonds is 3. The van der Waals surface area contributed by atoms with Gasteiger partial charge in [-0.05, 0) is 37.1 Å². The second-order valence-corrected chi connectivity index (χ2v) is 5.36. The summed E-state index contributed by atoms with van der Waals surface area (Å²) in [4.78, 5) is 14.1. The molecule has 0 fully saturated rings. The highest BCUT2D eigenvalue weighted by atomic mass is 16.5. The van der Waals surface area contributed by atoms with Crippen molar-refractivity contribution in [2.24, 2.45) is 5.73 Å². The maximum atomic E-state index is 12.4. The van der Waals surface area contributed by atoms with E-state index in [0.29, 0.717) is 25.3 Å². The Labute approximate surface area is 108 Å². The van der Waals surface area contributed by atoms with Crippen LogP contribution in [0, 0.1) is 0 Å². The molecule has 98 valence electrons. The molecule has 0 bridgehead atoms. The van der Waals surface area contributed by atoms with E-state index in [0.717, 1.165) is 5.56 Å². The van der Waals surface area contributed by atoms with Gasteiger partial charge >= 0.3 is 0 Å². The standard InChI is InChI=1S/C14H20N2O2/c1-14(2,9-15)16(3)13(17)10-4-5-11-7-18-8-12(11)6-10/h4-6H,7-9,15H2,1-3H3. The van der Waals surface area contributed by atoms with Crippen LogP contribution in [0.2, 0.25) is 0 Å². The fourth-order valence-electron chi connectivity index (χ4n) is 1.91. The van der Waals surface area contributed by atoms with E-state index in [1.54, 1.807) is 11.9 Å². The molecule has 1 aromatic carbocycles. The predicted molar refractivity (Wildman–Crippen MR) is 70.2 cm³/mol. The molecule has 1 aliphatic rings. The highest BCUT2D eigenvalue weighted by molar-refractivity contribution is 5.94. The van der Waals surface area contributed by atoms with E-state index in [1.165, 1.54) is 5.56 Å². The molecule has 18 heavy (non-hydrogen) atoms. The quantitative estimate of drug-likeness (QED) is 0.882. The number of carbonyl (C=O) groups excluding carboxylic acids is 1. The minimum Gasteiger partial charge on any atom is -0.372 e. The molecule has 0 saturated carbocycles. The molecule has 0 spiro atoms. The highest BCUT2D eigenvalue weighted by Crippen LogP contribution is 2.22. The van der Waals surface area contributed by atoms with Gasteiger partial charge in [-0.15, -0.1) is 0 Å². The summed E-state index contributed by atoms with van der Waals surface area (Å²) in [5, 5.41) is 0. The third-order valence-corrected chi connectivity index (χ3v) is 3.68. The molecule has 0 unspecified atom stereocenters. The number of nitrogens with two attached hydrogens (primary N) is 1. The van der Waals surface area contributed by atoms with Gasteiger partial charge in [-0.2, -0.15) is 0 Å². The molecular formula is C14H20N2O2. The van der Waals surface area contributed by atoms with Crippen LogP contribution in [-0.2, 0) is 18.0 Å². The van der Waals surface area contributed by atoms with Gasteiger partial charge in [0.2, 0.25) is 0 Å². The summed E-state index contributed by atoms with van der Waals surface area (Å²) in [6.07, 6.45) is 0. The van der Waals surface area contributed by atoms with Crippen molar-refractivity contribution >= 4 is 5.91 Å². The molecule has 1 aromatic rings. The number of hydrogen-bond donors (Lipinski definition) is 1. The molecular weight excluding hydrogens is 228 g/mol. The van der Waals surface area contributed by atoms with Crippen molar-refractivity contribution < 1.29 is 9.53 Å². The average molecular weight is 248 g/mol. The maximum Gasteiger partial charge on any atom is 0.254 e. The van der Waals surface area contributed by atoms with E-state index >= 15 is 0 Å². The molecule has 0 saturated heterocycles. The number of nitrogens with zero attached hydrogens (tertiary/aromatic N) is 1. The summed E-state index contributed by atoms with van der Waals surface area (Å²) in [7, 11) is 1.79. The lowest BCUT2D eigenvalue weighted by Gasteiger charge is -2.34. The lowest BCUT2D eigenvalue weighted by Crippen LogP contribution is -2.50. The zero-order valence-electron chi connectivity index (χ0n) is 11.2. The molecule has 0 radical (unpaired) electrons. The van der Waals surface area contributed by atoms with Crippen LogP contribution in [0.3, 0.4) is 0 Å². The van der Waals surface area contributed by atoms with Gasteiger partial charge in [0, 0.05) is 24.7 Å². The Kier molecular flexibility index (Phi) is 3.41. The predicted octanol–water partition coefficient (Wildman–Crippen LogP) is 1.53. The lowest BCUT2D eigenvalue weighted by molar-refractivity contribution is 0.0640. The second-order valence-electron chi connectivity index (χ2n) is 5.36. The van der Waals surface area contributed by atoms with Crippen LogP contribution in [-0.4, -0.2) is 29.9 Å². The van der Waals surface area contributed by atoms with Crippen LogP contribution in [0.4, 0.5) is 0 Å². The Morgan fingerprint density at radius 3 is 2.72 bits per heavy atom. The normalized spacial score (nSPS) is 14.4. The maximum absolute atomic E-state index is 12.4. The number of ether oxygens (including phenoxy) is 1. The van der Waals surface area contributed by atoms with Gasteiger partial charge in [0.15, 0.2) is 0 Å². The van der Waals surface area contributed by atoms with Crippen molar-refractivity contribution in [2.45, 2.75) is 32.6 Å². The summed E-state index contributed by atoms with van der Waals surface area (Å²) < 4.78 is 5.35. The van der Waals surface area contributed by atoms with Gasteiger partial charge in [0.25, 0.3) is 5.91 Å². The van der Waals surface area contributed by atoms with E-state index in [-0.39, 0.29) is 11.4 Å². The number of benzene rings is 1. The number of likely N-dealkylation sites (N-methyl/N-ethyl adjacent to an activating group) is 1. The topological polar surface area (TPSA) is 55.6 Å². The Bertz CT molecular complexity index is 469. The Hall–Kier alpha value is -1.39. The smallest absolute Gasteiger partial charge is 0.254 e. The average Bonchev–Trinajstić information content (AvgIpc) is 2.84. The first kappa shape index (κ1) is 13.1. The third kappa shape index (κ3) is 2.26. The summed E-state index contributed by atoms with van der Waals surface area (Å²) >= 11 is 0. The fraction of sp³-hybridized carbons (Fsp3) is 0.500. The van der Waals surface area contributed by atoms with E-state index in [4.69, 9.17) is 10.5 Å². The highest BCUT2D eigenvalue weighted by Gasteiger charge is 2.27. The monoisotopic (exact) mass is 248 g/mol. The summed E-state index contributed by atoms with van der Waals surface area (Å²) in [6, 6.07) is 5.76. The zero-order valence-corrected chi connectivity index (χ0v) is 11.2. The van der Waals surface area contributed by atoms with Crippen molar-refractivity contribution in [1.82, 2.24) is 4.90 Å². The van der Waals surface area contributed by atoms with Crippen LogP contribution in [0.5, 0.6) is 0 Å². The van der Waals surface area contributed by atoms with Crippen molar-refractivity contribution in [1.29, 1.82) is 0 Å². The number of carbonyl (C=O) groups is 1. The van der Waals surface area contributed by atoms with E-state index in [1.807, 2.05) is 32.0 Å². The molecule has 1 amide bonds. The lowest BCUT2D eigenvalue weighted by atomic mass is 10.0. The van der Waals surface area contributed by atoms with Crippen LogP contribution >= 0.6 is 0 Å². The molecule has 2 N–H and O–H groups in total. The molecule has 4 heteroatoms. The molecule has 0 aromatic heterocycles. The van der Waals surface area contributed by atoms with E-state index < -0.39 is 0 Å². The molecule has 1 aliphatic heterocycles. The van der Waals surface area contributed by atoms with Crippen LogP contribution in [0.15, 0.2) is 18.2 Å². The van der Waals surface area contributed by atoms with E-state index in [2.05, 4.69) is 0 Å². The Balaban J connectivity index is 2.24. The summed E-state index contributed by atoms with van der Waals surface area (Å²) in [5.41, 5.74) is 8.34. The minimum absolute atomic E-state index is 0.000139. The van der Waals surface area contributed by atoms with Gasteiger partial charge in [0.05, 0.1) is 13.2 Å². The molecule has 0 aliphatic carbocycles. The minimum atomic E-state index is -0.341. The summed E-state index contributed by atoms with van der Waals surface area (Å²) in [6.45, 7) is 5.60. The van der Waals surface area contributed by atoms with Gasteiger partial charge in [0.1, 0.15) is 0 Å². The SMILES string of the molecule is CN(C(=O)c1ccc2c(c1)COC2)C(C)(C)CN.